The molecule has 4 heterocycles. The van der Waals surface area contributed by atoms with Gasteiger partial charge in [0.15, 0.2) is 11.6 Å². The summed E-state index contributed by atoms with van der Waals surface area (Å²) < 4.78 is 9.54. The molecule has 318 valence electrons. The fourth-order valence-corrected chi connectivity index (χ4v) is 11.7. The number of aliphatic carboxylic acids is 1. The van der Waals surface area contributed by atoms with E-state index in [1.54, 1.807) is 0 Å². The van der Waals surface area contributed by atoms with Gasteiger partial charge in [-0.05, 0) is 143 Å². The van der Waals surface area contributed by atoms with Gasteiger partial charge in [-0.15, -0.1) is 0 Å². The quantitative estimate of drug-likeness (QED) is 0.146. The first-order valence-electron chi connectivity index (χ1n) is 22.4. The zero-order valence-electron chi connectivity index (χ0n) is 35.9. The number of rotatable bonds is 10. The number of fused-ring (bicyclic) bond motifs is 4. The van der Waals surface area contributed by atoms with E-state index >= 15 is 0 Å². The summed E-state index contributed by atoms with van der Waals surface area (Å²) in [6.45, 7) is 7.37. The topological polar surface area (TPSA) is 144 Å². The lowest BCUT2D eigenvalue weighted by atomic mass is 9.76. The van der Waals surface area contributed by atoms with Gasteiger partial charge in [-0.2, -0.15) is 0 Å². The molecule has 0 spiro atoms. The van der Waals surface area contributed by atoms with Gasteiger partial charge in [0, 0.05) is 75.6 Å². The summed E-state index contributed by atoms with van der Waals surface area (Å²) in [7, 11) is 3.91. The van der Waals surface area contributed by atoms with E-state index in [9.17, 15) is 19.5 Å². The van der Waals surface area contributed by atoms with Gasteiger partial charge in [0.1, 0.15) is 0 Å². The highest BCUT2D eigenvalue weighted by Crippen LogP contribution is 2.63. The van der Waals surface area contributed by atoms with Crippen LogP contribution >= 0.6 is 0 Å². The van der Waals surface area contributed by atoms with Gasteiger partial charge < -0.3 is 29.6 Å². The van der Waals surface area contributed by atoms with Crippen LogP contribution in [0.5, 0.6) is 0 Å². The molecule has 3 fully saturated rings. The minimum absolute atomic E-state index is 0.226. The van der Waals surface area contributed by atoms with E-state index in [1.165, 1.54) is 0 Å². The summed E-state index contributed by atoms with van der Waals surface area (Å²) in [5.74, 6) is 0.416. The number of carboxylic acid groups (broad SMARTS) is 1. The van der Waals surface area contributed by atoms with Crippen LogP contribution in [0, 0.1) is 30.6 Å². The minimum Gasteiger partial charge on any atom is -0.481 e. The lowest BCUT2D eigenvalue weighted by molar-refractivity contribution is -0.148. The van der Waals surface area contributed by atoms with Crippen LogP contribution < -0.4 is 10.6 Å². The number of hydrogen-bond acceptors (Lipinski definition) is 7. The zero-order valence-corrected chi connectivity index (χ0v) is 35.9. The summed E-state index contributed by atoms with van der Waals surface area (Å²) in [6, 6.07) is 12.4. The van der Waals surface area contributed by atoms with Gasteiger partial charge >= 0.3 is 5.97 Å². The molecule has 12 heteroatoms. The van der Waals surface area contributed by atoms with E-state index in [0.29, 0.717) is 23.6 Å². The maximum atomic E-state index is 14.0. The number of nitrogens with one attached hydrogen (secondary N) is 2. The molecule has 2 aliphatic heterocycles. The fourth-order valence-electron chi connectivity index (χ4n) is 11.7. The van der Waals surface area contributed by atoms with E-state index in [1.807, 2.05) is 61.3 Å². The first kappa shape index (κ1) is 40.6. The highest BCUT2D eigenvalue weighted by molar-refractivity contribution is 6.04. The van der Waals surface area contributed by atoms with Gasteiger partial charge in [0.05, 0.1) is 16.8 Å². The molecular weight excluding hydrogens is 755 g/mol. The zero-order chi connectivity index (χ0) is 41.8. The molecule has 2 aromatic heterocycles. The first-order valence-corrected chi connectivity index (χ1v) is 22.4. The van der Waals surface area contributed by atoms with E-state index < -0.39 is 11.4 Å². The molecule has 9 rings (SSSR count). The van der Waals surface area contributed by atoms with Gasteiger partial charge in [0.2, 0.25) is 0 Å². The Morgan fingerprint density at radius 1 is 0.783 bits per heavy atom. The smallest absolute Gasteiger partial charge is 0.309 e. The number of anilines is 2. The van der Waals surface area contributed by atoms with Crippen LogP contribution in [0.3, 0.4) is 0 Å². The number of aromatic nitrogens is 4. The number of carboxylic acids is 1. The number of ether oxygens (including phenoxy) is 1. The molecule has 2 aromatic carbocycles. The second-order valence-corrected chi connectivity index (χ2v) is 18.8. The molecule has 1 unspecified atom stereocenters. The number of carbonyl (C=O) groups is 3. The Labute approximate surface area is 353 Å². The van der Waals surface area contributed by atoms with Crippen LogP contribution in [0.2, 0.25) is 0 Å². The molecule has 60 heavy (non-hydrogen) atoms. The SMILES string of the molecule is Cc1c(NC(=O)c2nc3c(n2C)CCC(CCC24CCC(C(=O)O)(CC2)C4)CCC3)cccc1-c1cccc(NC(=O)c2nc3c(n2C)CCN(C2CCOCC2)C3)c1C. The Morgan fingerprint density at radius 3 is 1.98 bits per heavy atom. The van der Waals surface area contributed by atoms with Gasteiger partial charge in [0.25, 0.3) is 11.8 Å². The van der Waals surface area contributed by atoms with Crippen molar-refractivity contribution in [3.8, 4) is 11.1 Å². The molecule has 2 bridgehead atoms. The third-order valence-corrected chi connectivity index (χ3v) is 15.5. The maximum absolute atomic E-state index is 14.0. The summed E-state index contributed by atoms with van der Waals surface area (Å²) in [5.41, 5.74) is 9.33. The van der Waals surface area contributed by atoms with Crippen LogP contribution in [-0.4, -0.2) is 72.7 Å². The summed E-state index contributed by atoms with van der Waals surface area (Å²) in [4.78, 5) is 52.1. The average Bonchev–Trinajstić information content (AvgIpc) is 3.99. The van der Waals surface area contributed by atoms with E-state index in [0.717, 1.165) is 179 Å². The van der Waals surface area contributed by atoms with Gasteiger partial charge in [-0.25, -0.2) is 9.97 Å². The predicted octanol–water partition coefficient (Wildman–Crippen LogP) is 8.18. The third-order valence-electron chi connectivity index (χ3n) is 15.5. The fraction of sp³-hybridized carbons (Fsp3) is 0.562. The molecule has 2 saturated carbocycles. The van der Waals surface area contributed by atoms with Crippen molar-refractivity contribution in [2.24, 2.45) is 30.8 Å². The molecule has 5 aliphatic rings. The highest BCUT2D eigenvalue weighted by atomic mass is 16.5. The number of nitrogens with zero attached hydrogens (tertiary/aromatic N) is 5. The van der Waals surface area contributed by atoms with Crippen molar-refractivity contribution in [2.75, 3.05) is 30.4 Å². The van der Waals surface area contributed by atoms with Gasteiger partial charge in [-0.3, -0.25) is 19.3 Å². The summed E-state index contributed by atoms with van der Waals surface area (Å²) >= 11 is 0. The van der Waals surface area contributed by atoms with Crippen molar-refractivity contribution in [1.29, 1.82) is 0 Å². The number of carbonyl (C=O) groups excluding carboxylic acids is 2. The Morgan fingerprint density at radius 2 is 1.38 bits per heavy atom. The lowest BCUT2D eigenvalue weighted by Crippen LogP contribution is -2.42. The Bertz CT molecular complexity index is 2310. The lowest BCUT2D eigenvalue weighted by Gasteiger charge is -2.36. The Hall–Kier alpha value is -4.81. The molecule has 2 amide bonds. The van der Waals surface area contributed by atoms with Crippen LogP contribution in [-0.2, 0) is 49.4 Å². The number of benzene rings is 2. The molecule has 0 radical (unpaired) electrons. The van der Waals surface area contributed by atoms with Crippen molar-refractivity contribution in [3.05, 3.63) is 81.9 Å². The molecule has 3 aliphatic carbocycles. The van der Waals surface area contributed by atoms with Crippen LogP contribution in [0.25, 0.3) is 11.1 Å². The number of hydrogen-bond donors (Lipinski definition) is 3. The Balaban J connectivity index is 0.856. The monoisotopic (exact) mass is 815 g/mol. The standard InChI is InChI=1S/C48H61N7O5/c1-30-34(35-10-7-12-37(31(35)2)52-45(57)43-50-39-28-55(25-17-41(39)54(43)4)33-18-26-60-27-19-33)9-6-11-36(30)51-44(56)42-49-38-13-5-8-32(14-15-40(38)53(42)3)16-20-47-21-23-48(29-47,24-22-47)46(58)59/h6-7,9-12,32-33H,5,8,13-29H2,1-4H3,(H,51,56)(H,52,57)(H,58,59). The minimum atomic E-state index is -0.584. The maximum Gasteiger partial charge on any atom is 0.309 e. The third kappa shape index (κ3) is 7.48. The summed E-state index contributed by atoms with van der Waals surface area (Å²) in [6.07, 6.45) is 14.9. The normalized spacial score (nSPS) is 24.4. The van der Waals surface area contributed by atoms with Crippen molar-refractivity contribution >= 4 is 29.2 Å². The van der Waals surface area contributed by atoms with E-state index in [4.69, 9.17) is 14.7 Å². The molecule has 1 atom stereocenters. The second kappa shape index (κ2) is 16.2. The molecule has 12 nitrogen and oxygen atoms in total. The van der Waals surface area contributed by atoms with Crippen LogP contribution in [0.1, 0.15) is 132 Å². The molecule has 1 saturated heterocycles. The van der Waals surface area contributed by atoms with Crippen molar-refractivity contribution in [2.45, 2.75) is 123 Å². The molecular formula is C48H61N7O5. The predicted molar refractivity (Wildman–Crippen MR) is 231 cm³/mol. The van der Waals surface area contributed by atoms with E-state index in [2.05, 4.69) is 27.7 Å². The van der Waals surface area contributed by atoms with Crippen molar-refractivity contribution in [3.63, 3.8) is 0 Å². The van der Waals surface area contributed by atoms with Crippen LogP contribution in [0.4, 0.5) is 11.4 Å². The first-order chi connectivity index (χ1) is 28.9. The van der Waals surface area contributed by atoms with Crippen molar-refractivity contribution < 1.29 is 24.2 Å². The van der Waals surface area contributed by atoms with E-state index in [-0.39, 0.29) is 17.2 Å². The van der Waals surface area contributed by atoms with Gasteiger partial charge in [-0.1, -0.05) is 30.7 Å². The van der Waals surface area contributed by atoms with Crippen molar-refractivity contribution in [1.82, 2.24) is 24.0 Å². The molecule has 3 N–H and O–H groups in total. The Kier molecular flexibility index (Phi) is 11.0. The largest absolute Gasteiger partial charge is 0.481 e. The second-order valence-electron chi connectivity index (χ2n) is 18.8. The number of amides is 2. The summed E-state index contributed by atoms with van der Waals surface area (Å²) in [5, 5.41) is 16.2. The number of imidazole rings is 2. The average molecular weight is 816 g/mol. The molecule has 4 aromatic rings. The number of aryl methyl sites for hydroxylation is 1. The highest BCUT2D eigenvalue weighted by Gasteiger charge is 2.57. The van der Waals surface area contributed by atoms with Crippen LogP contribution in [0.15, 0.2) is 36.4 Å².